The Morgan fingerprint density at radius 3 is 2.42 bits per heavy atom. The van der Waals surface area contributed by atoms with E-state index < -0.39 is 5.41 Å². The summed E-state index contributed by atoms with van der Waals surface area (Å²) in [5.41, 5.74) is 0.806. The fraction of sp³-hybridized carbons (Fsp3) is 0.619. The van der Waals surface area contributed by atoms with Gasteiger partial charge in [-0.05, 0) is 43.4 Å². The highest BCUT2D eigenvalue weighted by atomic mass is 35.5. The molecule has 1 aromatic rings. The lowest BCUT2D eigenvalue weighted by molar-refractivity contribution is -0.157. The predicted molar refractivity (Wildman–Crippen MR) is 102 cm³/mol. The van der Waals surface area contributed by atoms with Crippen LogP contribution in [0, 0.1) is 10.8 Å². The molecule has 3 atom stereocenters. The molecular weight excluding hydrogens is 350 g/mol. The molecule has 0 aromatic heterocycles. The van der Waals surface area contributed by atoms with Gasteiger partial charge in [-0.15, -0.1) is 0 Å². The van der Waals surface area contributed by atoms with Gasteiger partial charge in [-0.2, -0.15) is 0 Å². The van der Waals surface area contributed by atoms with Crippen molar-refractivity contribution < 1.29 is 14.3 Å². The minimum absolute atomic E-state index is 0.0356. The van der Waals surface area contributed by atoms with Gasteiger partial charge in [-0.25, -0.2) is 0 Å². The molecule has 2 heterocycles. The van der Waals surface area contributed by atoms with Crippen molar-refractivity contribution in [2.45, 2.75) is 65.2 Å². The van der Waals surface area contributed by atoms with E-state index in [1.165, 1.54) is 0 Å². The number of halogens is 1. The highest BCUT2D eigenvalue weighted by Crippen LogP contribution is 2.52. The Labute approximate surface area is 159 Å². The van der Waals surface area contributed by atoms with Gasteiger partial charge < -0.3 is 9.64 Å². The second kappa shape index (κ2) is 5.80. The molecule has 1 saturated carbocycles. The number of nitrogens with zero attached hydrogens (tertiary/aromatic N) is 1. The first-order valence-corrected chi connectivity index (χ1v) is 9.79. The van der Waals surface area contributed by atoms with Crippen molar-refractivity contribution in [2.24, 2.45) is 10.8 Å². The minimum atomic E-state index is -1.00. The van der Waals surface area contributed by atoms with E-state index in [1.807, 2.05) is 45.9 Å². The molecule has 1 aliphatic carbocycles. The zero-order valence-corrected chi connectivity index (χ0v) is 16.6. The molecule has 26 heavy (non-hydrogen) atoms. The van der Waals surface area contributed by atoms with Gasteiger partial charge in [-0.1, -0.05) is 31.5 Å². The van der Waals surface area contributed by atoms with E-state index in [-0.39, 0.29) is 35.2 Å². The number of anilines is 1. The summed E-state index contributed by atoms with van der Waals surface area (Å²) in [6, 6.07) is 5.52. The lowest BCUT2D eigenvalue weighted by atomic mass is 9.55. The van der Waals surface area contributed by atoms with Crippen LogP contribution in [0.5, 0.6) is 0 Å². The van der Waals surface area contributed by atoms with Gasteiger partial charge in [-0.3, -0.25) is 9.59 Å². The van der Waals surface area contributed by atoms with Crippen molar-refractivity contribution in [2.75, 3.05) is 11.4 Å². The monoisotopic (exact) mass is 375 g/mol. The maximum absolute atomic E-state index is 13.4. The molecule has 0 amide bonds. The topological polar surface area (TPSA) is 46.6 Å². The number of carbonyl (C=O) groups excluding carboxylic acids is 2. The average molecular weight is 376 g/mol. The van der Waals surface area contributed by atoms with Crippen LogP contribution in [0.4, 0.5) is 5.69 Å². The number of ether oxygens (including phenoxy) is 1. The molecule has 4 nitrogen and oxygen atoms in total. The molecule has 140 valence electrons. The summed E-state index contributed by atoms with van der Waals surface area (Å²) >= 11 is 6.26. The average Bonchev–Trinajstić information content (AvgIpc) is 2.51. The number of benzene rings is 1. The zero-order valence-electron chi connectivity index (χ0n) is 15.8. The van der Waals surface area contributed by atoms with E-state index in [0.717, 1.165) is 11.3 Å². The van der Waals surface area contributed by atoms with Crippen molar-refractivity contribution in [3.63, 3.8) is 0 Å². The molecule has 4 rings (SSSR count). The number of morpholine rings is 1. The second-order valence-electron chi connectivity index (χ2n) is 9.03. The fourth-order valence-corrected chi connectivity index (χ4v) is 5.50. The number of hydrogen-bond donors (Lipinski definition) is 0. The van der Waals surface area contributed by atoms with Gasteiger partial charge in [0.25, 0.3) is 0 Å². The summed E-state index contributed by atoms with van der Waals surface area (Å²) < 4.78 is 6.10. The van der Waals surface area contributed by atoms with Crippen LogP contribution in [0.15, 0.2) is 18.2 Å². The van der Waals surface area contributed by atoms with Crippen LogP contribution in [-0.2, 0) is 20.7 Å². The van der Waals surface area contributed by atoms with Gasteiger partial charge in [0.15, 0.2) is 0 Å². The van der Waals surface area contributed by atoms with Crippen molar-refractivity contribution in [3.8, 4) is 0 Å². The Balaban J connectivity index is 1.90. The van der Waals surface area contributed by atoms with Crippen molar-refractivity contribution >= 4 is 28.9 Å². The molecule has 5 heteroatoms. The Bertz CT molecular complexity index is 767. The Morgan fingerprint density at radius 2 is 1.77 bits per heavy atom. The molecule has 3 aliphatic rings. The zero-order chi connectivity index (χ0) is 18.9. The SMILES string of the molecule is C[C@@H]1O[C@@H](C)CN2c3cc(Cl)ccc3CC3(C(=O)CC(C)(C)CC3=O)[C@H]12. The first-order valence-electron chi connectivity index (χ1n) is 9.41. The Hall–Kier alpha value is -1.39. The fourth-order valence-electron chi connectivity index (χ4n) is 5.33. The number of fused-ring (bicyclic) bond motifs is 4. The van der Waals surface area contributed by atoms with E-state index in [4.69, 9.17) is 16.3 Å². The highest BCUT2D eigenvalue weighted by molar-refractivity contribution is 6.31. The van der Waals surface area contributed by atoms with Crippen LogP contribution in [0.2, 0.25) is 5.02 Å². The van der Waals surface area contributed by atoms with E-state index in [0.29, 0.717) is 30.8 Å². The summed E-state index contributed by atoms with van der Waals surface area (Å²) in [5.74, 6) is 0.138. The number of ketones is 2. The van der Waals surface area contributed by atoms with Crippen LogP contribution >= 0.6 is 11.6 Å². The number of rotatable bonds is 0. The first-order chi connectivity index (χ1) is 12.1. The maximum Gasteiger partial charge on any atom is 0.149 e. The normalized spacial score (nSPS) is 32.3. The number of Topliss-reactive ketones (excluding diaryl/α,β-unsaturated/α-hetero) is 2. The largest absolute Gasteiger partial charge is 0.372 e. The van der Waals surface area contributed by atoms with Crippen LogP contribution < -0.4 is 4.90 Å². The van der Waals surface area contributed by atoms with E-state index in [2.05, 4.69) is 4.90 Å². The lowest BCUT2D eigenvalue weighted by Crippen LogP contribution is -2.70. The number of hydrogen-bond acceptors (Lipinski definition) is 4. The van der Waals surface area contributed by atoms with Gasteiger partial charge in [0, 0.05) is 30.1 Å². The van der Waals surface area contributed by atoms with Crippen molar-refractivity contribution in [3.05, 3.63) is 28.8 Å². The smallest absolute Gasteiger partial charge is 0.149 e. The predicted octanol–water partition coefficient (Wildman–Crippen LogP) is 3.82. The van der Waals surface area contributed by atoms with Gasteiger partial charge in [0.1, 0.15) is 17.0 Å². The summed E-state index contributed by atoms with van der Waals surface area (Å²) in [4.78, 5) is 29.1. The Kier molecular flexibility index (Phi) is 4.02. The molecule has 2 aliphatic heterocycles. The first kappa shape index (κ1) is 18.0. The standard InChI is InChI=1S/C21H26ClNO3/c1-12-11-23-16-7-15(22)6-5-14(16)8-21(19(23)13(2)26-12)17(24)9-20(3,4)10-18(21)25/h5-7,12-13,19H,8-11H2,1-4H3/t12-,13-,19-/m0/s1. The Morgan fingerprint density at radius 1 is 1.12 bits per heavy atom. The van der Waals surface area contributed by atoms with Crippen LogP contribution in [0.1, 0.15) is 46.1 Å². The molecule has 0 bridgehead atoms. The maximum atomic E-state index is 13.4. The molecule has 1 spiro atoms. The minimum Gasteiger partial charge on any atom is -0.372 e. The van der Waals surface area contributed by atoms with Crippen molar-refractivity contribution in [1.29, 1.82) is 0 Å². The van der Waals surface area contributed by atoms with E-state index in [1.54, 1.807) is 0 Å². The summed E-state index contributed by atoms with van der Waals surface area (Å²) in [6.45, 7) is 8.70. The van der Waals surface area contributed by atoms with E-state index >= 15 is 0 Å². The lowest BCUT2D eigenvalue weighted by Gasteiger charge is -2.57. The van der Waals surface area contributed by atoms with Gasteiger partial charge in [0.05, 0.1) is 18.2 Å². The van der Waals surface area contributed by atoms with Gasteiger partial charge in [0.2, 0.25) is 0 Å². The number of carbonyl (C=O) groups is 2. The molecule has 0 N–H and O–H groups in total. The molecular formula is C21H26ClNO3. The van der Waals surface area contributed by atoms with Crippen LogP contribution in [-0.4, -0.2) is 36.4 Å². The molecule has 1 saturated heterocycles. The van der Waals surface area contributed by atoms with Crippen LogP contribution in [0.25, 0.3) is 0 Å². The van der Waals surface area contributed by atoms with Gasteiger partial charge >= 0.3 is 0 Å². The molecule has 1 aromatic carbocycles. The van der Waals surface area contributed by atoms with Crippen LogP contribution in [0.3, 0.4) is 0 Å². The van der Waals surface area contributed by atoms with Crippen molar-refractivity contribution in [1.82, 2.24) is 0 Å². The molecule has 0 radical (unpaired) electrons. The quantitative estimate of drug-likeness (QED) is 0.647. The summed E-state index contributed by atoms with van der Waals surface area (Å²) in [5, 5.41) is 0.674. The van der Waals surface area contributed by atoms with E-state index in [9.17, 15) is 9.59 Å². The summed E-state index contributed by atoms with van der Waals surface area (Å²) in [7, 11) is 0. The highest BCUT2D eigenvalue weighted by Gasteiger charge is 2.62. The third-order valence-electron chi connectivity index (χ3n) is 6.29. The third kappa shape index (κ3) is 2.53. The second-order valence-corrected chi connectivity index (χ2v) is 9.47. The molecule has 2 fully saturated rings. The third-order valence-corrected chi connectivity index (χ3v) is 6.52. The summed E-state index contributed by atoms with van der Waals surface area (Å²) in [6.07, 6.45) is 1.17. The molecule has 0 unspecified atom stereocenters.